The molecule has 0 bridgehead atoms. The van der Waals surface area contributed by atoms with Gasteiger partial charge in [-0.05, 0) is 62.9 Å². The first-order valence-corrected chi connectivity index (χ1v) is 10.9. The van der Waals surface area contributed by atoms with Crippen molar-refractivity contribution in [2.75, 3.05) is 24.7 Å². The van der Waals surface area contributed by atoms with Crippen molar-refractivity contribution < 1.29 is 9.53 Å². The number of aromatic nitrogens is 1. The van der Waals surface area contributed by atoms with Crippen LogP contribution >= 0.6 is 11.6 Å². The lowest BCUT2D eigenvalue weighted by molar-refractivity contribution is 0.0848. The van der Waals surface area contributed by atoms with Crippen LogP contribution in [0, 0.1) is 20.8 Å². The molecular weight excluding hydrogens is 414 g/mol. The van der Waals surface area contributed by atoms with Gasteiger partial charge in [0.1, 0.15) is 0 Å². The highest BCUT2D eigenvalue weighted by atomic mass is 35.5. The summed E-state index contributed by atoms with van der Waals surface area (Å²) in [5.74, 6) is -0.265. The van der Waals surface area contributed by atoms with Gasteiger partial charge in [0.25, 0.3) is 11.5 Å². The molecule has 31 heavy (non-hydrogen) atoms. The minimum Gasteiger partial charge on any atom is -0.381 e. The molecular formula is C24H30ClN3O3. The second kappa shape index (κ2) is 10.2. The highest BCUT2D eigenvalue weighted by molar-refractivity contribution is 6.31. The normalized spacial score (nSPS) is 14.3. The van der Waals surface area contributed by atoms with Gasteiger partial charge in [0.15, 0.2) is 0 Å². The molecule has 0 aliphatic carbocycles. The second-order valence-corrected chi connectivity index (χ2v) is 8.42. The number of carbonyl (C=O) groups is 1. The number of carbonyl (C=O) groups excluding carboxylic acids is 1. The van der Waals surface area contributed by atoms with Gasteiger partial charge >= 0.3 is 0 Å². The molecule has 0 saturated carbocycles. The molecule has 0 unspecified atom stereocenters. The van der Waals surface area contributed by atoms with Crippen LogP contribution in [-0.4, -0.2) is 36.3 Å². The molecule has 1 aliphatic rings. The maximum atomic E-state index is 13.0. The summed E-state index contributed by atoms with van der Waals surface area (Å²) in [5, 5.41) is 3.36. The SMILES string of the molecule is C=CCN(c1cc(Cl)cc(C(=O)NCn2c(C)cc(C)cc2=O)c1C)C1CCOCC1. The summed E-state index contributed by atoms with van der Waals surface area (Å²) in [6.45, 7) is 11.7. The van der Waals surface area contributed by atoms with Crippen LogP contribution in [-0.2, 0) is 11.4 Å². The molecule has 2 heterocycles. The largest absolute Gasteiger partial charge is 0.381 e. The lowest BCUT2D eigenvalue weighted by Crippen LogP contribution is -2.40. The zero-order valence-electron chi connectivity index (χ0n) is 18.4. The van der Waals surface area contributed by atoms with Crippen molar-refractivity contribution in [1.29, 1.82) is 0 Å². The van der Waals surface area contributed by atoms with E-state index >= 15 is 0 Å². The zero-order chi connectivity index (χ0) is 22.5. The molecule has 1 amide bonds. The van der Waals surface area contributed by atoms with Crippen molar-refractivity contribution >= 4 is 23.2 Å². The number of pyridine rings is 1. The summed E-state index contributed by atoms with van der Waals surface area (Å²) in [7, 11) is 0. The number of amides is 1. The van der Waals surface area contributed by atoms with Crippen molar-refractivity contribution in [3.63, 3.8) is 0 Å². The molecule has 0 radical (unpaired) electrons. The average molecular weight is 444 g/mol. The van der Waals surface area contributed by atoms with E-state index in [4.69, 9.17) is 16.3 Å². The third-order valence-electron chi connectivity index (χ3n) is 5.73. The standard InChI is InChI=1S/C24H30ClN3O3/c1-5-8-27(20-6-9-31-10-7-20)22-14-19(25)13-21(18(22)4)24(30)26-15-28-17(3)11-16(2)12-23(28)29/h5,11-14,20H,1,6-10,15H2,2-4H3,(H,26,30). The number of rotatable bonds is 7. The van der Waals surface area contributed by atoms with Crippen molar-refractivity contribution in [1.82, 2.24) is 9.88 Å². The molecule has 0 spiro atoms. The molecule has 6 nitrogen and oxygen atoms in total. The molecule has 1 aromatic heterocycles. The summed E-state index contributed by atoms with van der Waals surface area (Å²) in [5.41, 5.74) is 3.83. The van der Waals surface area contributed by atoms with E-state index in [0.717, 1.165) is 48.6 Å². The highest BCUT2D eigenvalue weighted by Crippen LogP contribution is 2.31. The zero-order valence-corrected chi connectivity index (χ0v) is 19.2. The Balaban J connectivity index is 1.88. The van der Waals surface area contributed by atoms with E-state index in [-0.39, 0.29) is 18.1 Å². The quantitative estimate of drug-likeness (QED) is 0.657. The number of nitrogens with one attached hydrogen (secondary N) is 1. The van der Waals surface area contributed by atoms with E-state index in [1.165, 1.54) is 4.57 Å². The van der Waals surface area contributed by atoms with Crippen molar-refractivity contribution in [3.8, 4) is 0 Å². The first kappa shape index (κ1) is 23.1. The van der Waals surface area contributed by atoms with Crippen molar-refractivity contribution in [2.45, 2.75) is 46.3 Å². The van der Waals surface area contributed by atoms with Gasteiger partial charge in [-0.1, -0.05) is 17.7 Å². The molecule has 1 aliphatic heterocycles. The summed E-state index contributed by atoms with van der Waals surface area (Å²) >= 11 is 6.42. The molecule has 0 atom stereocenters. The third kappa shape index (κ3) is 5.38. The van der Waals surface area contributed by atoms with Crippen LogP contribution in [0.1, 0.15) is 40.0 Å². The molecule has 1 N–H and O–H groups in total. The number of benzene rings is 1. The Bertz CT molecular complexity index is 1030. The average Bonchev–Trinajstić information content (AvgIpc) is 2.73. The Hall–Kier alpha value is -2.57. The van der Waals surface area contributed by atoms with Crippen LogP contribution in [0.2, 0.25) is 5.02 Å². The monoisotopic (exact) mass is 443 g/mol. The maximum absolute atomic E-state index is 13.0. The Labute approximate surface area is 188 Å². The van der Waals surface area contributed by atoms with Gasteiger partial charge in [0.05, 0.1) is 6.67 Å². The van der Waals surface area contributed by atoms with Gasteiger partial charge in [0.2, 0.25) is 0 Å². The van der Waals surface area contributed by atoms with E-state index in [1.807, 2.05) is 39.0 Å². The van der Waals surface area contributed by atoms with Crippen molar-refractivity contribution in [3.05, 3.63) is 74.7 Å². The molecule has 1 saturated heterocycles. The molecule has 2 aromatic rings. The number of nitrogens with zero attached hydrogens (tertiary/aromatic N) is 2. The van der Waals surface area contributed by atoms with Gasteiger partial charge in [-0.2, -0.15) is 0 Å². The number of ether oxygens (including phenoxy) is 1. The van der Waals surface area contributed by atoms with Crippen LogP contribution in [0.3, 0.4) is 0 Å². The first-order valence-electron chi connectivity index (χ1n) is 10.5. The predicted molar refractivity (Wildman–Crippen MR) is 125 cm³/mol. The third-order valence-corrected chi connectivity index (χ3v) is 5.95. The molecule has 1 fully saturated rings. The number of halogens is 1. The predicted octanol–water partition coefficient (Wildman–Crippen LogP) is 3.99. The summed E-state index contributed by atoms with van der Waals surface area (Å²) < 4.78 is 7.05. The summed E-state index contributed by atoms with van der Waals surface area (Å²) in [6, 6.07) is 7.35. The van der Waals surface area contributed by atoms with Crippen molar-refractivity contribution in [2.24, 2.45) is 0 Å². The Kier molecular flexibility index (Phi) is 7.57. The van der Waals surface area contributed by atoms with E-state index in [1.54, 1.807) is 12.1 Å². The van der Waals surface area contributed by atoms with Crippen LogP contribution in [0.4, 0.5) is 5.69 Å². The molecule has 7 heteroatoms. The van der Waals surface area contributed by atoms with Crippen LogP contribution < -0.4 is 15.8 Å². The van der Waals surface area contributed by atoms with Gasteiger partial charge < -0.3 is 15.0 Å². The first-order chi connectivity index (χ1) is 14.8. The minimum atomic E-state index is -0.265. The Morgan fingerprint density at radius 3 is 2.61 bits per heavy atom. The van der Waals surface area contributed by atoms with E-state index in [2.05, 4.69) is 16.8 Å². The van der Waals surface area contributed by atoms with Gasteiger partial charge in [-0.3, -0.25) is 14.2 Å². The van der Waals surface area contributed by atoms with E-state index in [9.17, 15) is 9.59 Å². The second-order valence-electron chi connectivity index (χ2n) is 7.99. The van der Waals surface area contributed by atoms with E-state index in [0.29, 0.717) is 23.2 Å². The highest BCUT2D eigenvalue weighted by Gasteiger charge is 2.24. The van der Waals surface area contributed by atoms with Gasteiger partial charge in [0, 0.05) is 53.8 Å². The maximum Gasteiger partial charge on any atom is 0.253 e. The van der Waals surface area contributed by atoms with Gasteiger partial charge in [-0.25, -0.2) is 0 Å². The fraction of sp³-hybridized carbons (Fsp3) is 0.417. The van der Waals surface area contributed by atoms with E-state index < -0.39 is 0 Å². The van der Waals surface area contributed by atoms with Crippen LogP contribution in [0.5, 0.6) is 0 Å². The number of hydrogen-bond donors (Lipinski definition) is 1. The topological polar surface area (TPSA) is 63.6 Å². The molecule has 1 aromatic carbocycles. The van der Waals surface area contributed by atoms with Gasteiger partial charge in [-0.15, -0.1) is 6.58 Å². The number of anilines is 1. The van der Waals surface area contributed by atoms with Crippen LogP contribution in [0.15, 0.2) is 41.7 Å². The Morgan fingerprint density at radius 2 is 1.97 bits per heavy atom. The smallest absolute Gasteiger partial charge is 0.253 e. The minimum absolute atomic E-state index is 0.0986. The lowest BCUT2D eigenvalue weighted by atomic mass is 10.0. The van der Waals surface area contributed by atoms with Crippen LogP contribution in [0.25, 0.3) is 0 Å². The fourth-order valence-electron chi connectivity index (χ4n) is 4.12. The number of aryl methyl sites for hydroxylation is 2. The summed E-state index contributed by atoms with van der Waals surface area (Å²) in [4.78, 5) is 27.6. The lowest BCUT2D eigenvalue weighted by Gasteiger charge is -2.36. The fourth-order valence-corrected chi connectivity index (χ4v) is 4.34. The molecule has 3 rings (SSSR count). The number of hydrogen-bond acceptors (Lipinski definition) is 4. The Morgan fingerprint density at radius 1 is 1.26 bits per heavy atom. The molecule has 166 valence electrons. The summed E-state index contributed by atoms with van der Waals surface area (Å²) in [6.07, 6.45) is 3.69.